The fraction of sp³-hybridized carbons (Fsp3) is 0.500. The molecule has 16 heavy (non-hydrogen) atoms. The first-order valence-corrected chi connectivity index (χ1v) is 6.71. The van der Waals surface area contributed by atoms with Crippen molar-refractivity contribution in [2.75, 3.05) is 10.8 Å². The van der Waals surface area contributed by atoms with Crippen molar-refractivity contribution in [3.63, 3.8) is 0 Å². The Labute approximate surface area is 99.9 Å². The van der Waals surface area contributed by atoms with Gasteiger partial charge < -0.3 is 8.86 Å². The van der Waals surface area contributed by atoms with E-state index in [0.29, 0.717) is 6.54 Å². The van der Waals surface area contributed by atoms with E-state index in [1.807, 2.05) is 30.3 Å². The highest BCUT2D eigenvalue weighted by atomic mass is 32.2. The Balaban J connectivity index is 2.52. The van der Waals surface area contributed by atoms with Crippen LogP contribution < -0.4 is 4.31 Å². The molecule has 0 radical (unpaired) electrons. The molecule has 0 spiro atoms. The van der Waals surface area contributed by atoms with Gasteiger partial charge in [-0.2, -0.15) is 0 Å². The standard InChI is InChI=1S/C12H19NO2S/c1-2-3-4-8-11-13(16(14)15)12-9-6-5-7-10-12/h5-7,9-10H,2-4,8,11H2,1H3,(H,14,15)/p-1. The van der Waals surface area contributed by atoms with Crippen molar-refractivity contribution < 1.29 is 8.76 Å². The molecule has 1 aromatic carbocycles. The molecule has 0 bridgehead atoms. The Kier molecular flexibility index (Phi) is 6.11. The summed E-state index contributed by atoms with van der Waals surface area (Å²) in [5.41, 5.74) is 0.743. The second-order valence-electron chi connectivity index (χ2n) is 3.72. The monoisotopic (exact) mass is 240 g/mol. The molecule has 0 heterocycles. The van der Waals surface area contributed by atoms with Crippen molar-refractivity contribution in [2.24, 2.45) is 0 Å². The van der Waals surface area contributed by atoms with Gasteiger partial charge in [0.05, 0.1) is 0 Å². The number of hydrogen-bond acceptors (Lipinski definition) is 2. The van der Waals surface area contributed by atoms with E-state index in [4.69, 9.17) is 0 Å². The molecule has 1 unspecified atom stereocenters. The maximum Gasteiger partial charge on any atom is 0.0482 e. The van der Waals surface area contributed by atoms with Gasteiger partial charge in [-0.05, 0) is 18.6 Å². The molecule has 0 aliphatic carbocycles. The van der Waals surface area contributed by atoms with Crippen molar-refractivity contribution in [3.8, 4) is 0 Å². The minimum Gasteiger partial charge on any atom is -0.755 e. The van der Waals surface area contributed by atoms with E-state index in [1.54, 1.807) is 0 Å². The third-order valence-electron chi connectivity index (χ3n) is 2.44. The lowest BCUT2D eigenvalue weighted by atomic mass is 10.2. The molecular formula is C12H18NO2S-. The largest absolute Gasteiger partial charge is 0.755 e. The third-order valence-corrected chi connectivity index (χ3v) is 3.19. The molecule has 0 aliphatic heterocycles. The zero-order chi connectivity index (χ0) is 11.8. The lowest BCUT2D eigenvalue weighted by Crippen LogP contribution is -2.26. The van der Waals surface area contributed by atoms with Crippen LogP contribution in [0.1, 0.15) is 32.6 Å². The summed E-state index contributed by atoms with van der Waals surface area (Å²) in [4.78, 5) is 0. The molecule has 4 heteroatoms. The second kappa shape index (κ2) is 7.41. The van der Waals surface area contributed by atoms with Gasteiger partial charge in [0.2, 0.25) is 0 Å². The van der Waals surface area contributed by atoms with Crippen LogP contribution in [0.2, 0.25) is 0 Å². The molecule has 0 N–H and O–H groups in total. The average Bonchev–Trinajstić information content (AvgIpc) is 2.30. The first kappa shape index (κ1) is 13.2. The van der Waals surface area contributed by atoms with E-state index in [9.17, 15) is 8.76 Å². The Morgan fingerprint density at radius 2 is 1.88 bits per heavy atom. The number of para-hydroxylation sites is 1. The summed E-state index contributed by atoms with van der Waals surface area (Å²) < 4.78 is 23.6. The van der Waals surface area contributed by atoms with Gasteiger partial charge in [-0.3, -0.25) is 4.21 Å². The highest BCUT2D eigenvalue weighted by Gasteiger charge is 2.05. The molecular weight excluding hydrogens is 222 g/mol. The summed E-state index contributed by atoms with van der Waals surface area (Å²) in [7, 11) is 0. The van der Waals surface area contributed by atoms with E-state index < -0.39 is 11.3 Å². The lowest BCUT2D eigenvalue weighted by Gasteiger charge is -2.26. The van der Waals surface area contributed by atoms with Gasteiger partial charge in [0, 0.05) is 23.5 Å². The topological polar surface area (TPSA) is 43.4 Å². The summed E-state index contributed by atoms with van der Waals surface area (Å²) in [5.74, 6) is 0. The van der Waals surface area contributed by atoms with Gasteiger partial charge >= 0.3 is 0 Å². The Hall–Kier alpha value is -0.870. The maximum absolute atomic E-state index is 11.1. The highest BCUT2D eigenvalue weighted by molar-refractivity contribution is 7.80. The Bertz CT molecular complexity index is 316. The van der Waals surface area contributed by atoms with Crippen LogP contribution >= 0.6 is 0 Å². The molecule has 90 valence electrons. The highest BCUT2D eigenvalue weighted by Crippen LogP contribution is 2.15. The van der Waals surface area contributed by atoms with E-state index in [1.165, 1.54) is 4.31 Å². The van der Waals surface area contributed by atoms with Crippen LogP contribution in [-0.2, 0) is 11.3 Å². The van der Waals surface area contributed by atoms with Crippen LogP contribution in [0.15, 0.2) is 30.3 Å². The van der Waals surface area contributed by atoms with Crippen molar-refractivity contribution in [1.82, 2.24) is 0 Å². The average molecular weight is 240 g/mol. The van der Waals surface area contributed by atoms with Crippen LogP contribution in [0.25, 0.3) is 0 Å². The number of benzene rings is 1. The lowest BCUT2D eigenvalue weighted by molar-refractivity contribution is 0.529. The third kappa shape index (κ3) is 4.33. The Morgan fingerprint density at radius 1 is 1.19 bits per heavy atom. The first-order valence-electron chi connectivity index (χ1n) is 5.67. The normalized spacial score (nSPS) is 12.4. The predicted molar refractivity (Wildman–Crippen MR) is 66.8 cm³/mol. The molecule has 3 nitrogen and oxygen atoms in total. The number of unbranched alkanes of at least 4 members (excludes halogenated alkanes) is 3. The van der Waals surface area contributed by atoms with Crippen LogP contribution in [0, 0.1) is 0 Å². The maximum atomic E-state index is 11.1. The van der Waals surface area contributed by atoms with Crippen LogP contribution in [0.3, 0.4) is 0 Å². The fourth-order valence-corrected chi connectivity index (χ4v) is 2.14. The van der Waals surface area contributed by atoms with E-state index in [2.05, 4.69) is 6.92 Å². The van der Waals surface area contributed by atoms with E-state index >= 15 is 0 Å². The minimum atomic E-state index is -2.18. The fourth-order valence-electron chi connectivity index (χ4n) is 1.57. The molecule has 0 saturated carbocycles. The minimum absolute atomic E-state index is 0.570. The van der Waals surface area contributed by atoms with E-state index in [-0.39, 0.29) is 0 Å². The predicted octanol–water partition coefficient (Wildman–Crippen LogP) is 2.87. The molecule has 0 fully saturated rings. The van der Waals surface area contributed by atoms with Crippen molar-refractivity contribution >= 4 is 17.0 Å². The zero-order valence-corrected chi connectivity index (χ0v) is 10.4. The zero-order valence-electron chi connectivity index (χ0n) is 9.59. The molecule has 1 rings (SSSR count). The summed E-state index contributed by atoms with van der Waals surface area (Å²) in [6, 6.07) is 9.21. The smallest absolute Gasteiger partial charge is 0.0482 e. The molecule has 0 aliphatic rings. The molecule has 1 aromatic rings. The number of anilines is 1. The van der Waals surface area contributed by atoms with Gasteiger partial charge in [-0.1, -0.05) is 44.4 Å². The number of rotatable bonds is 7. The van der Waals surface area contributed by atoms with Crippen molar-refractivity contribution in [3.05, 3.63) is 30.3 Å². The number of hydrogen-bond donors (Lipinski definition) is 0. The SMILES string of the molecule is CCCCCCN(c1ccccc1)S(=O)[O-]. The van der Waals surface area contributed by atoms with Crippen LogP contribution in [0.4, 0.5) is 5.69 Å². The van der Waals surface area contributed by atoms with E-state index in [0.717, 1.165) is 31.4 Å². The van der Waals surface area contributed by atoms with Gasteiger partial charge in [0.25, 0.3) is 0 Å². The summed E-state index contributed by atoms with van der Waals surface area (Å²) >= 11 is -2.18. The van der Waals surface area contributed by atoms with Gasteiger partial charge in [0.15, 0.2) is 0 Å². The molecule has 0 aromatic heterocycles. The van der Waals surface area contributed by atoms with Crippen molar-refractivity contribution in [1.29, 1.82) is 0 Å². The van der Waals surface area contributed by atoms with Crippen molar-refractivity contribution in [2.45, 2.75) is 32.6 Å². The van der Waals surface area contributed by atoms with Gasteiger partial charge in [0.1, 0.15) is 0 Å². The number of nitrogens with zero attached hydrogens (tertiary/aromatic N) is 1. The van der Waals surface area contributed by atoms with Crippen LogP contribution in [0.5, 0.6) is 0 Å². The summed E-state index contributed by atoms with van der Waals surface area (Å²) in [6.07, 6.45) is 4.31. The summed E-state index contributed by atoms with van der Waals surface area (Å²) in [6.45, 7) is 2.71. The quantitative estimate of drug-likeness (QED) is 0.543. The molecule has 0 amide bonds. The summed E-state index contributed by atoms with van der Waals surface area (Å²) in [5, 5.41) is 0. The first-order chi connectivity index (χ1) is 7.75. The Morgan fingerprint density at radius 3 is 2.44 bits per heavy atom. The molecule has 1 atom stereocenters. The second-order valence-corrected chi connectivity index (χ2v) is 4.59. The van der Waals surface area contributed by atoms with Gasteiger partial charge in [-0.15, -0.1) is 0 Å². The molecule has 0 saturated heterocycles. The van der Waals surface area contributed by atoms with Gasteiger partial charge in [-0.25, -0.2) is 0 Å². The van der Waals surface area contributed by atoms with Crippen LogP contribution in [-0.4, -0.2) is 15.3 Å².